The molecule has 1 amide bonds. The maximum atomic E-state index is 12.4. The van der Waals surface area contributed by atoms with Gasteiger partial charge in [0.25, 0.3) is 0 Å². The molecule has 1 heterocycles. The molecule has 0 aromatic heterocycles. The number of benzene rings is 1. The van der Waals surface area contributed by atoms with Crippen LogP contribution in [0.25, 0.3) is 0 Å². The Hall–Kier alpha value is -1.39. The van der Waals surface area contributed by atoms with Gasteiger partial charge < -0.3 is 14.8 Å². The molecule has 2 atom stereocenters. The quantitative estimate of drug-likeness (QED) is 0.613. The number of carbonyl (C=O) groups is 1. The van der Waals surface area contributed by atoms with E-state index in [9.17, 15) is 4.79 Å². The molecule has 1 aromatic rings. The standard InChI is InChI=1S/C16H23NO3/c1-16(2,19-3)17-15(18)13(10-14-11-20-14)9-12-7-5-4-6-8-12/h4-8,13-14H,9-11H2,1-3H3,(H,17,18)/t13-,14+/m1/s1. The normalized spacial score (nSPS) is 19.4. The molecule has 1 saturated heterocycles. The van der Waals surface area contributed by atoms with Crippen molar-refractivity contribution in [2.24, 2.45) is 5.92 Å². The summed E-state index contributed by atoms with van der Waals surface area (Å²) in [6.45, 7) is 4.46. The van der Waals surface area contributed by atoms with Crippen LogP contribution in [0.15, 0.2) is 30.3 Å². The summed E-state index contributed by atoms with van der Waals surface area (Å²) in [6.07, 6.45) is 1.73. The van der Waals surface area contributed by atoms with Crippen LogP contribution in [-0.2, 0) is 20.7 Å². The van der Waals surface area contributed by atoms with Gasteiger partial charge in [-0.15, -0.1) is 0 Å². The number of rotatable bonds is 7. The van der Waals surface area contributed by atoms with Crippen molar-refractivity contribution < 1.29 is 14.3 Å². The fourth-order valence-electron chi connectivity index (χ4n) is 2.15. The van der Waals surface area contributed by atoms with Crippen LogP contribution < -0.4 is 5.32 Å². The molecule has 1 fully saturated rings. The third-order valence-electron chi connectivity index (χ3n) is 3.58. The molecule has 1 aliphatic rings. The third kappa shape index (κ3) is 4.62. The Morgan fingerprint density at radius 3 is 2.65 bits per heavy atom. The topological polar surface area (TPSA) is 50.9 Å². The van der Waals surface area contributed by atoms with Crippen molar-refractivity contribution >= 4 is 5.91 Å². The lowest BCUT2D eigenvalue weighted by atomic mass is 9.93. The van der Waals surface area contributed by atoms with Crippen LogP contribution in [0.2, 0.25) is 0 Å². The van der Waals surface area contributed by atoms with Gasteiger partial charge in [-0.05, 0) is 32.3 Å². The molecule has 0 bridgehead atoms. The minimum atomic E-state index is -0.642. The first-order valence-electron chi connectivity index (χ1n) is 7.03. The second-order valence-corrected chi connectivity index (χ2v) is 5.78. The smallest absolute Gasteiger partial charge is 0.225 e. The third-order valence-corrected chi connectivity index (χ3v) is 3.58. The lowest BCUT2D eigenvalue weighted by Crippen LogP contribution is -2.48. The van der Waals surface area contributed by atoms with Gasteiger partial charge in [-0.25, -0.2) is 0 Å². The largest absolute Gasteiger partial charge is 0.373 e. The number of ether oxygens (including phenoxy) is 2. The Labute approximate surface area is 120 Å². The van der Waals surface area contributed by atoms with Gasteiger partial charge in [-0.2, -0.15) is 0 Å². The molecule has 1 aliphatic heterocycles. The van der Waals surface area contributed by atoms with Crippen molar-refractivity contribution in [3.05, 3.63) is 35.9 Å². The molecule has 0 aliphatic carbocycles. The second kappa shape index (κ2) is 6.37. The summed E-state index contributed by atoms with van der Waals surface area (Å²) in [7, 11) is 1.59. The lowest BCUT2D eigenvalue weighted by molar-refractivity contribution is -0.133. The summed E-state index contributed by atoms with van der Waals surface area (Å²) < 4.78 is 10.5. The molecular formula is C16H23NO3. The zero-order chi connectivity index (χ0) is 14.6. The molecular weight excluding hydrogens is 254 g/mol. The Bertz CT molecular complexity index is 440. The predicted molar refractivity (Wildman–Crippen MR) is 77.2 cm³/mol. The van der Waals surface area contributed by atoms with Crippen LogP contribution in [0.5, 0.6) is 0 Å². The summed E-state index contributed by atoms with van der Waals surface area (Å²) >= 11 is 0. The van der Waals surface area contributed by atoms with Gasteiger partial charge >= 0.3 is 0 Å². The number of epoxide rings is 1. The molecule has 2 rings (SSSR count). The molecule has 0 saturated carbocycles. The van der Waals surface area contributed by atoms with Gasteiger partial charge in [0.1, 0.15) is 5.72 Å². The first-order chi connectivity index (χ1) is 9.50. The summed E-state index contributed by atoms with van der Waals surface area (Å²) in [4.78, 5) is 12.4. The van der Waals surface area contributed by atoms with Crippen LogP contribution in [0.3, 0.4) is 0 Å². The molecule has 1 aromatic carbocycles. The average molecular weight is 277 g/mol. The van der Waals surface area contributed by atoms with E-state index in [0.29, 0.717) is 0 Å². The number of nitrogens with one attached hydrogen (secondary N) is 1. The van der Waals surface area contributed by atoms with Crippen molar-refractivity contribution in [2.75, 3.05) is 13.7 Å². The minimum absolute atomic E-state index is 0.0243. The SMILES string of the molecule is COC(C)(C)NC(=O)[C@H](Cc1ccccc1)C[C@H]1CO1. The van der Waals surface area contributed by atoms with Crippen LogP contribution in [0.1, 0.15) is 25.8 Å². The average Bonchev–Trinajstić information content (AvgIpc) is 3.23. The Kier molecular flexibility index (Phi) is 4.78. The summed E-state index contributed by atoms with van der Waals surface area (Å²) in [5.74, 6) is -0.0597. The van der Waals surface area contributed by atoms with Crippen molar-refractivity contribution in [1.82, 2.24) is 5.32 Å². The highest BCUT2D eigenvalue weighted by molar-refractivity contribution is 5.79. The second-order valence-electron chi connectivity index (χ2n) is 5.78. The fraction of sp³-hybridized carbons (Fsp3) is 0.562. The Balaban J connectivity index is 2.00. The highest BCUT2D eigenvalue weighted by Crippen LogP contribution is 2.23. The number of hydrogen-bond acceptors (Lipinski definition) is 3. The maximum Gasteiger partial charge on any atom is 0.225 e. The van der Waals surface area contributed by atoms with E-state index >= 15 is 0 Å². The van der Waals surface area contributed by atoms with E-state index in [0.717, 1.165) is 19.4 Å². The van der Waals surface area contributed by atoms with E-state index in [1.165, 1.54) is 5.56 Å². The van der Waals surface area contributed by atoms with E-state index in [4.69, 9.17) is 9.47 Å². The van der Waals surface area contributed by atoms with E-state index in [1.54, 1.807) is 7.11 Å². The van der Waals surface area contributed by atoms with Crippen molar-refractivity contribution in [3.63, 3.8) is 0 Å². The van der Waals surface area contributed by atoms with Gasteiger partial charge in [0.05, 0.1) is 12.7 Å². The van der Waals surface area contributed by atoms with Crippen LogP contribution in [0.4, 0.5) is 0 Å². The summed E-state index contributed by atoms with van der Waals surface area (Å²) in [5, 5.41) is 2.94. The van der Waals surface area contributed by atoms with Gasteiger partial charge in [-0.3, -0.25) is 4.79 Å². The highest BCUT2D eigenvalue weighted by atomic mass is 16.6. The van der Waals surface area contributed by atoms with Crippen molar-refractivity contribution in [3.8, 4) is 0 Å². The van der Waals surface area contributed by atoms with Crippen LogP contribution in [0, 0.1) is 5.92 Å². The van der Waals surface area contributed by atoms with Crippen molar-refractivity contribution in [2.45, 2.75) is 38.5 Å². The molecule has 0 unspecified atom stereocenters. The van der Waals surface area contributed by atoms with E-state index in [-0.39, 0.29) is 17.9 Å². The van der Waals surface area contributed by atoms with E-state index < -0.39 is 5.72 Å². The zero-order valence-electron chi connectivity index (χ0n) is 12.4. The molecule has 4 heteroatoms. The first kappa shape index (κ1) is 15.0. The van der Waals surface area contributed by atoms with E-state index in [2.05, 4.69) is 17.4 Å². The predicted octanol–water partition coefficient (Wildman–Crippen LogP) is 2.13. The molecule has 1 N–H and O–H groups in total. The maximum absolute atomic E-state index is 12.4. The van der Waals surface area contributed by atoms with Gasteiger partial charge in [0.2, 0.25) is 5.91 Å². The molecule has 20 heavy (non-hydrogen) atoms. The minimum Gasteiger partial charge on any atom is -0.373 e. The zero-order valence-corrected chi connectivity index (χ0v) is 12.4. The summed E-state index contributed by atoms with van der Waals surface area (Å²) in [6, 6.07) is 10.1. The monoisotopic (exact) mass is 277 g/mol. The highest BCUT2D eigenvalue weighted by Gasteiger charge is 2.32. The van der Waals surface area contributed by atoms with Gasteiger partial charge in [-0.1, -0.05) is 30.3 Å². The fourth-order valence-corrected chi connectivity index (χ4v) is 2.15. The molecule has 110 valence electrons. The van der Waals surface area contributed by atoms with Crippen molar-refractivity contribution in [1.29, 1.82) is 0 Å². The number of methoxy groups -OCH3 is 1. The molecule has 0 radical (unpaired) electrons. The number of carbonyl (C=O) groups excluding carboxylic acids is 1. The van der Waals surface area contributed by atoms with Crippen LogP contribution >= 0.6 is 0 Å². The number of amides is 1. The first-order valence-corrected chi connectivity index (χ1v) is 7.03. The summed E-state index contributed by atoms with van der Waals surface area (Å²) in [5.41, 5.74) is 0.527. The molecule has 4 nitrogen and oxygen atoms in total. The van der Waals surface area contributed by atoms with Crippen LogP contribution in [-0.4, -0.2) is 31.5 Å². The molecule has 0 spiro atoms. The number of hydrogen-bond donors (Lipinski definition) is 1. The lowest BCUT2D eigenvalue weighted by Gasteiger charge is -2.27. The van der Waals surface area contributed by atoms with Gasteiger partial charge in [0, 0.05) is 13.0 Å². The Morgan fingerprint density at radius 1 is 1.45 bits per heavy atom. The van der Waals surface area contributed by atoms with Gasteiger partial charge in [0.15, 0.2) is 0 Å². The Morgan fingerprint density at radius 2 is 2.10 bits per heavy atom. The van der Waals surface area contributed by atoms with E-state index in [1.807, 2.05) is 32.0 Å².